The summed E-state index contributed by atoms with van der Waals surface area (Å²) in [6.07, 6.45) is 8.85. The first kappa shape index (κ1) is 17.0. The lowest BCUT2D eigenvalue weighted by Crippen LogP contribution is -2.49. The highest BCUT2D eigenvalue weighted by Crippen LogP contribution is 2.26. The van der Waals surface area contributed by atoms with Crippen molar-refractivity contribution in [2.75, 3.05) is 26.7 Å². The molecule has 2 amide bonds. The van der Waals surface area contributed by atoms with E-state index in [0.717, 1.165) is 31.4 Å². The van der Waals surface area contributed by atoms with Crippen molar-refractivity contribution >= 4 is 6.03 Å². The highest BCUT2D eigenvalue weighted by Gasteiger charge is 2.28. The van der Waals surface area contributed by atoms with Gasteiger partial charge in [0.25, 0.3) is 0 Å². The Morgan fingerprint density at radius 3 is 2.92 bits per heavy atom. The van der Waals surface area contributed by atoms with E-state index < -0.39 is 0 Å². The molecule has 6 heteroatoms. The van der Waals surface area contributed by atoms with E-state index in [0.29, 0.717) is 25.1 Å². The Hall–Kier alpha value is -1.82. The van der Waals surface area contributed by atoms with Gasteiger partial charge in [0.2, 0.25) is 5.88 Å². The predicted molar refractivity (Wildman–Crippen MR) is 91.2 cm³/mol. The summed E-state index contributed by atoms with van der Waals surface area (Å²) in [4.78, 5) is 18.3. The SMILES string of the molecule is COc1cc(CCNC(=O)N2CCCC(OC3CCC3)C2)ccn1. The second-order valence-corrected chi connectivity index (χ2v) is 6.59. The summed E-state index contributed by atoms with van der Waals surface area (Å²) in [6, 6.07) is 3.85. The Balaban J connectivity index is 1.40. The molecule has 0 spiro atoms. The molecule has 1 unspecified atom stereocenters. The van der Waals surface area contributed by atoms with E-state index >= 15 is 0 Å². The first-order valence-electron chi connectivity index (χ1n) is 8.92. The second-order valence-electron chi connectivity index (χ2n) is 6.59. The fourth-order valence-corrected chi connectivity index (χ4v) is 3.16. The Labute approximate surface area is 143 Å². The lowest BCUT2D eigenvalue weighted by atomic mass is 9.95. The number of aromatic nitrogens is 1. The number of pyridine rings is 1. The van der Waals surface area contributed by atoms with Crippen LogP contribution in [0.2, 0.25) is 0 Å². The molecule has 132 valence electrons. The minimum absolute atomic E-state index is 0.0120. The number of hydrogen-bond donors (Lipinski definition) is 1. The molecule has 2 heterocycles. The topological polar surface area (TPSA) is 63.7 Å². The zero-order valence-electron chi connectivity index (χ0n) is 14.4. The number of carbonyl (C=O) groups excluding carboxylic acids is 1. The summed E-state index contributed by atoms with van der Waals surface area (Å²) in [5.74, 6) is 0.603. The number of amides is 2. The number of piperidine rings is 1. The first-order chi connectivity index (χ1) is 11.7. The van der Waals surface area contributed by atoms with Gasteiger partial charge in [0.1, 0.15) is 0 Å². The highest BCUT2D eigenvalue weighted by molar-refractivity contribution is 5.74. The molecule has 0 radical (unpaired) electrons. The number of rotatable bonds is 6. The number of nitrogens with one attached hydrogen (secondary N) is 1. The Kier molecular flexibility index (Phi) is 5.91. The van der Waals surface area contributed by atoms with Gasteiger partial charge in [-0.2, -0.15) is 0 Å². The van der Waals surface area contributed by atoms with Crippen LogP contribution in [0.3, 0.4) is 0 Å². The number of likely N-dealkylation sites (tertiary alicyclic amines) is 1. The van der Waals surface area contributed by atoms with Crippen LogP contribution in [0.5, 0.6) is 5.88 Å². The van der Waals surface area contributed by atoms with Crippen LogP contribution in [-0.2, 0) is 11.2 Å². The summed E-state index contributed by atoms with van der Waals surface area (Å²) in [5, 5.41) is 3.01. The van der Waals surface area contributed by atoms with E-state index in [2.05, 4.69) is 10.3 Å². The average Bonchev–Trinajstić information content (AvgIpc) is 2.58. The molecule has 3 rings (SSSR count). The van der Waals surface area contributed by atoms with E-state index in [1.165, 1.54) is 19.3 Å². The first-order valence-corrected chi connectivity index (χ1v) is 8.92. The van der Waals surface area contributed by atoms with Crippen molar-refractivity contribution in [3.63, 3.8) is 0 Å². The number of urea groups is 1. The van der Waals surface area contributed by atoms with Crippen molar-refractivity contribution in [1.29, 1.82) is 0 Å². The number of ether oxygens (including phenoxy) is 2. The smallest absolute Gasteiger partial charge is 0.317 e. The maximum atomic E-state index is 12.3. The van der Waals surface area contributed by atoms with Crippen LogP contribution in [0.4, 0.5) is 4.79 Å². The molecule has 6 nitrogen and oxygen atoms in total. The lowest BCUT2D eigenvalue weighted by Gasteiger charge is -2.37. The van der Waals surface area contributed by atoms with Crippen LogP contribution in [0.25, 0.3) is 0 Å². The summed E-state index contributed by atoms with van der Waals surface area (Å²) in [7, 11) is 1.60. The largest absolute Gasteiger partial charge is 0.481 e. The number of hydrogen-bond acceptors (Lipinski definition) is 4. The van der Waals surface area contributed by atoms with Gasteiger partial charge in [-0.05, 0) is 50.2 Å². The van der Waals surface area contributed by atoms with Crippen molar-refractivity contribution in [2.24, 2.45) is 0 Å². The van der Waals surface area contributed by atoms with Gasteiger partial charge >= 0.3 is 6.03 Å². The van der Waals surface area contributed by atoms with Crippen LogP contribution in [0.1, 0.15) is 37.7 Å². The van der Waals surface area contributed by atoms with Crippen LogP contribution >= 0.6 is 0 Å². The molecule has 2 aliphatic rings. The average molecular weight is 333 g/mol. The number of carbonyl (C=O) groups is 1. The Morgan fingerprint density at radius 1 is 1.33 bits per heavy atom. The minimum Gasteiger partial charge on any atom is -0.481 e. The summed E-state index contributed by atoms with van der Waals surface area (Å²) in [5.41, 5.74) is 1.10. The van der Waals surface area contributed by atoms with Crippen LogP contribution < -0.4 is 10.1 Å². The van der Waals surface area contributed by atoms with Gasteiger partial charge in [0, 0.05) is 31.9 Å². The van der Waals surface area contributed by atoms with Crippen LogP contribution in [-0.4, -0.2) is 54.9 Å². The minimum atomic E-state index is 0.0120. The zero-order valence-corrected chi connectivity index (χ0v) is 14.4. The van der Waals surface area contributed by atoms with Crippen molar-refractivity contribution in [3.8, 4) is 5.88 Å². The maximum absolute atomic E-state index is 12.3. The molecule has 1 aliphatic heterocycles. The van der Waals surface area contributed by atoms with E-state index in [1.54, 1.807) is 13.3 Å². The highest BCUT2D eigenvalue weighted by atomic mass is 16.5. The van der Waals surface area contributed by atoms with Gasteiger partial charge in [-0.25, -0.2) is 9.78 Å². The standard InChI is InChI=1S/C18H27N3O3/c1-23-17-12-14(7-9-19-17)8-10-20-18(22)21-11-3-6-16(13-21)24-15-4-2-5-15/h7,9,12,15-16H,2-6,8,10-11,13H2,1H3,(H,20,22). The monoisotopic (exact) mass is 333 g/mol. The molecule has 0 bridgehead atoms. The van der Waals surface area contributed by atoms with Crippen molar-refractivity contribution in [3.05, 3.63) is 23.9 Å². The van der Waals surface area contributed by atoms with E-state index in [9.17, 15) is 4.79 Å². The molecular formula is C18H27N3O3. The number of methoxy groups -OCH3 is 1. The molecule has 1 aromatic heterocycles. The van der Waals surface area contributed by atoms with Gasteiger partial charge in [0.05, 0.1) is 19.3 Å². The van der Waals surface area contributed by atoms with Crippen LogP contribution in [0.15, 0.2) is 18.3 Å². The number of nitrogens with zero attached hydrogens (tertiary/aromatic N) is 2. The Bertz CT molecular complexity index is 548. The molecule has 1 saturated heterocycles. The quantitative estimate of drug-likeness (QED) is 0.868. The van der Waals surface area contributed by atoms with E-state index in [1.807, 2.05) is 17.0 Å². The molecule has 1 N–H and O–H groups in total. The fraction of sp³-hybridized carbons (Fsp3) is 0.667. The molecule has 1 aliphatic carbocycles. The van der Waals surface area contributed by atoms with Gasteiger partial charge in [-0.15, -0.1) is 0 Å². The van der Waals surface area contributed by atoms with Gasteiger partial charge < -0.3 is 19.7 Å². The van der Waals surface area contributed by atoms with Gasteiger partial charge in [-0.3, -0.25) is 0 Å². The molecule has 1 saturated carbocycles. The molecule has 0 aromatic carbocycles. The third-order valence-electron chi connectivity index (χ3n) is 4.80. The summed E-state index contributed by atoms with van der Waals surface area (Å²) < 4.78 is 11.2. The van der Waals surface area contributed by atoms with E-state index in [4.69, 9.17) is 9.47 Å². The predicted octanol–water partition coefficient (Wildman–Crippen LogP) is 2.38. The molecule has 24 heavy (non-hydrogen) atoms. The van der Waals surface area contributed by atoms with Crippen molar-refractivity contribution in [2.45, 2.75) is 50.7 Å². The molecular weight excluding hydrogens is 306 g/mol. The summed E-state index contributed by atoms with van der Waals surface area (Å²) in [6.45, 7) is 2.14. The van der Waals surface area contributed by atoms with E-state index in [-0.39, 0.29) is 12.1 Å². The molecule has 1 atom stereocenters. The second kappa shape index (κ2) is 8.33. The van der Waals surface area contributed by atoms with Gasteiger partial charge in [0.15, 0.2) is 0 Å². The normalized spacial score (nSPS) is 21.2. The maximum Gasteiger partial charge on any atom is 0.317 e. The van der Waals surface area contributed by atoms with Crippen molar-refractivity contribution < 1.29 is 14.3 Å². The zero-order chi connectivity index (χ0) is 16.8. The van der Waals surface area contributed by atoms with Gasteiger partial charge in [-0.1, -0.05) is 0 Å². The lowest BCUT2D eigenvalue weighted by molar-refractivity contribution is -0.0720. The van der Waals surface area contributed by atoms with Crippen LogP contribution in [0, 0.1) is 0 Å². The third kappa shape index (κ3) is 4.60. The van der Waals surface area contributed by atoms with Crippen molar-refractivity contribution in [1.82, 2.24) is 15.2 Å². The Morgan fingerprint density at radius 2 is 2.17 bits per heavy atom. The molecule has 1 aromatic rings. The third-order valence-corrected chi connectivity index (χ3v) is 4.80. The fourth-order valence-electron chi connectivity index (χ4n) is 3.16. The summed E-state index contributed by atoms with van der Waals surface area (Å²) >= 11 is 0. The molecule has 2 fully saturated rings.